The lowest BCUT2D eigenvalue weighted by Crippen LogP contribution is -2.27. The first-order valence-corrected chi connectivity index (χ1v) is 12.7. The Kier molecular flexibility index (Phi) is 7.65. The molecular formula is C29H37FO2. The number of halogens is 1. The molecule has 0 saturated heterocycles. The van der Waals surface area contributed by atoms with Crippen molar-refractivity contribution in [1.82, 2.24) is 0 Å². The van der Waals surface area contributed by atoms with Crippen LogP contribution in [0.2, 0.25) is 0 Å². The quantitative estimate of drug-likeness (QED) is 0.315. The van der Waals surface area contributed by atoms with Crippen molar-refractivity contribution in [2.24, 2.45) is 11.8 Å². The maximum Gasteiger partial charge on any atom is 0.319 e. The Morgan fingerprint density at radius 2 is 1.56 bits per heavy atom. The van der Waals surface area contributed by atoms with Crippen LogP contribution in [0.1, 0.15) is 93.4 Å². The molecule has 172 valence electrons. The molecule has 0 N–H and O–H groups in total. The first-order chi connectivity index (χ1) is 15.6. The Bertz CT molecular complexity index is 909. The molecule has 32 heavy (non-hydrogen) atoms. The predicted molar refractivity (Wildman–Crippen MR) is 128 cm³/mol. The molecule has 0 radical (unpaired) electrons. The van der Waals surface area contributed by atoms with Gasteiger partial charge in [0.25, 0.3) is 0 Å². The van der Waals surface area contributed by atoms with Gasteiger partial charge in [0.1, 0.15) is 0 Å². The van der Waals surface area contributed by atoms with Gasteiger partial charge in [-0.1, -0.05) is 95.2 Å². The zero-order valence-electron chi connectivity index (χ0n) is 19.7. The highest BCUT2D eigenvalue weighted by Crippen LogP contribution is 2.37. The van der Waals surface area contributed by atoms with Crippen molar-refractivity contribution < 1.29 is 13.9 Å². The summed E-state index contributed by atoms with van der Waals surface area (Å²) in [5.41, 5.74) is 3.71. The summed E-state index contributed by atoms with van der Waals surface area (Å²) < 4.78 is 20.2. The van der Waals surface area contributed by atoms with Crippen LogP contribution in [0, 0.1) is 17.7 Å². The van der Waals surface area contributed by atoms with E-state index in [1.54, 1.807) is 0 Å². The minimum absolute atomic E-state index is 0.141. The lowest BCUT2D eigenvalue weighted by atomic mass is 9.78. The lowest BCUT2D eigenvalue weighted by molar-refractivity contribution is -0.137. The molecule has 2 nitrogen and oxygen atoms in total. The summed E-state index contributed by atoms with van der Waals surface area (Å²) in [6, 6.07) is 12.2. The molecule has 1 saturated carbocycles. The Morgan fingerprint density at radius 3 is 2.22 bits per heavy atom. The predicted octanol–water partition coefficient (Wildman–Crippen LogP) is 7.56. The first kappa shape index (κ1) is 23.0. The molecule has 2 aromatic rings. The van der Waals surface area contributed by atoms with Crippen molar-refractivity contribution >= 4 is 5.97 Å². The van der Waals surface area contributed by atoms with Crippen molar-refractivity contribution in [1.29, 1.82) is 0 Å². The van der Waals surface area contributed by atoms with Gasteiger partial charge in [-0.15, -0.1) is 0 Å². The van der Waals surface area contributed by atoms with Crippen LogP contribution in [0.25, 0.3) is 0 Å². The minimum atomic E-state index is -0.366. The highest BCUT2D eigenvalue weighted by atomic mass is 19.1. The van der Waals surface area contributed by atoms with Gasteiger partial charge in [0, 0.05) is 0 Å². The molecule has 1 aliphatic heterocycles. The van der Waals surface area contributed by atoms with Gasteiger partial charge in [0.2, 0.25) is 0 Å². The van der Waals surface area contributed by atoms with E-state index in [2.05, 4.69) is 31.2 Å². The van der Waals surface area contributed by atoms with Crippen molar-refractivity contribution in [2.75, 3.05) is 0 Å². The zero-order chi connectivity index (χ0) is 22.5. The summed E-state index contributed by atoms with van der Waals surface area (Å²) >= 11 is 0. The molecule has 2 aromatic carbocycles. The second kappa shape index (κ2) is 10.6. The topological polar surface area (TPSA) is 26.3 Å². The molecule has 2 aliphatic rings. The number of carbonyl (C=O) groups is 1. The molecule has 3 heteroatoms. The maximum atomic E-state index is 14.7. The summed E-state index contributed by atoms with van der Waals surface area (Å²) in [5, 5.41) is 0. The third-order valence-corrected chi connectivity index (χ3v) is 7.58. The van der Waals surface area contributed by atoms with Crippen LogP contribution in [0.3, 0.4) is 0 Å². The molecular weight excluding hydrogens is 399 g/mol. The Balaban J connectivity index is 1.35. The number of hydrogen-bond acceptors (Lipinski definition) is 2. The van der Waals surface area contributed by atoms with E-state index in [0.717, 1.165) is 35.8 Å². The number of esters is 1. The molecule has 0 aromatic heterocycles. The molecule has 1 aliphatic carbocycles. The Morgan fingerprint density at radius 1 is 0.875 bits per heavy atom. The fraction of sp³-hybridized carbons (Fsp3) is 0.552. The summed E-state index contributed by atoms with van der Waals surface area (Å²) in [5.74, 6) is 0.892. The first-order valence-electron chi connectivity index (χ1n) is 12.7. The van der Waals surface area contributed by atoms with E-state index in [9.17, 15) is 9.18 Å². The largest absolute Gasteiger partial charge is 0.423 e. The number of fused-ring (bicyclic) bond motifs is 1. The molecule has 1 unspecified atom stereocenters. The normalized spacial score (nSPS) is 23.0. The van der Waals surface area contributed by atoms with Crippen LogP contribution in [-0.2, 0) is 24.1 Å². The van der Waals surface area contributed by atoms with Gasteiger partial charge in [0.05, 0.1) is 5.92 Å². The van der Waals surface area contributed by atoms with Gasteiger partial charge in [0.15, 0.2) is 11.6 Å². The summed E-state index contributed by atoms with van der Waals surface area (Å²) in [4.78, 5) is 12.7. The number of hydrogen-bond donors (Lipinski definition) is 0. The van der Waals surface area contributed by atoms with Gasteiger partial charge in [-0.2, -0.15) is 0 Å². The van der Waals surface area contributed by atoms with E-state index in [-0.39, 0.29) is 23.5 Å². The summed E-state index contributed by atoms with van der Waals surface area (Å²) in [6.07, 6.45) is 12.7. The Labute approximate surface area is 192 Å². The highest BCUT2D eigenvalue weighted by Gasteiger charge is 2.32. The van der Waals surface area contributed by atoms with E-state index in [1.165, 1.54) is 50.5 Å². The van der Waals surface area contributed by atoms with E-state index >= 15 is 0 Å². The molecule has 0 spiro atoms. The smallest absolute Gasteiger partial charge is 0.319 e. The fourth-order valence-electron chi connectivity index (χ4n) is 5.60. The monoisotopic (exact) mass is 436 g/mol. The van der Waals surface area contributed by atoms with Gasteiger partial charge < -0.3 is 4.74 Å². The molecule has 1 fully saturated rings. The van der Waals surface area contributed by atoms with Crippen LogP contribution < -0.4 is 4.74 Å². The van der Waals surface area contributed by atoms with Crippen molar-refractivity contribution in [3.05, 3.63) is 64.5 Å². The van der Waals surface area contributed by atoms with Crippen molar-refractivity contribution in [3.8, 4) is 5.75 Å². The van der Waals surface area contributed by atoms with Crippen LogP contribution in [0.5, 0.6) is 5.75 Å². The van der Waals surface area contributed by atoms with Crippen LogP contribution in [0.4, 0.5) is 4.39 Å². The van der Waals surface area contributed by atoms with E-state index in [4.69, 9.17) is 4.74 Å². The van der Waals surface area contributed by atoms with Crippen LogP contribution in [-0.4, -0.2) is 5.97 Å². The molecule has 0 bridgehead atoms. The number of ether oxygens (including phenoxy) is 1. The van der Waals surface area contributed by atoms with Gasteiger partial charge in [-0.25, -0.2) is 4.39 Å². The molecule has 1 heterocycles. The lowest BCUT2D eigenvalue weighted by Gasteiger charge is -2.28. The Hall–Kier alpha value is -2.16. The number of rotatable bonds is 8. The third kappa shape index (κ3) is 5.24. The summed E-state index contributed by atoms with van der Waals surface area (Å²) in [7, 11) is 0. The fourth-order valence-corrected chi connectivity index (χ4v) is 5.60. The minimum Gasteiger partial charge on any atom is -0.423 e. The SMILES string of the molecule is CCCc1ccc2c(c1F)OC(=O)C(c1ccc(CCC3CCC(CCC)CC3)cc1)C2. The second-order valence-corrected chi connectivity index (χ2v) is 9.91. The average Bonchev–Trinajstić information content (AvgIpc) is 2.81. The number of benzene rings is 2. The maximum absolute atomic E-state index is 14.7. The highest BCUT2D eigenvalue weighted by molar-refractivity contribution is 5.83. The van der Waals surface area contributed by atoms with E-state index in [1.807, 2.05) is 19.1 Å². The number of aryl methyl sites for hydroxylation is 2. The van der Waals surface area contributed by atoms with Gasteiger partial charge in [-0.3, -0.25) is 4.79 Å². The van der Waals surface area contributed by atoms with Crippen LogP contribution >= 0.6 is 0 Å². The van der Waals surface area contributed by atoms with Gasteiger partial charge >= 0.3 is 5.97 Å². The second-order valence-electron chi connectivity index (χ2n) is 9.91. The molecule has 4 rings (SSSR count). The molecule has 0 amide bonds. The van der Waals surface area contributed by atoms with Crippen molar-refractivity contribution in [3.63, 3.8) is 0 Å². The van der Waals surface area contributed by atoms with Gasteiger partial charge in [-0.05, 0) is 59.8 Å². The van der Waals surface area contributed by atoms with E-state index in [0.29, 0.717) is 18.4 Å². The summed E-state index contributed by atoms with van der Waals surface area (Å²) in [6.45, 7) is 4.31. The van der Waals surface area contributed by atoms with Crippen LogP contribution in [0.15, 0.2) is 36.4 Å². The van der Waals surface area contributed by atoms with E-state index < -0.39 is 0 Å². The third-order valence-electron chi connectivity index (χ3n) is 7.58. The zero-order valence-corrected chi connectivity index (χ0v) is 19.7. The van der Waals surface area contributed by atoms with Crippen molar-refractivity contribution in [2.45, 2.75) is 90.4 Å². The number of carbonyl (C=O) groups excluding carboxylic acids is 1. The average molecular weight is 437 g/mol. The molecule has 1 atom stereocenters. The standard InChI is InChI=1S/C29H37FO2/c1-3-5-20-7-9-21(10-8-20)11-12-22-13-15-23(16-14-22)26-19-25-18-17-24(6-4-2)27(30)28(25)32-29(26)31/h13-18,20-21,26H,3-12,19H2,1-2H3.